The SMILES string of the molecule is [C-]#[N+]C(C)(C)C(C)c1ccccc1. The maximum absolute atomic E-state index is 7.11. The number of benzene rings is 1. The van der Waals surface area contributed by atoms with Gasteiger partial charge in [0.1, 0.15) is 0 Å². The molecule has 1 atom stereocenters. The zero-order chi connectivity index (χ0) is 9.90. The zero-order valence-electron chi connectivity index (χ0n) is 8.41. The van der Waals surface area contributed by atoms with Crippen LogP contribution in [0.5, 0.6) is 0 Å². The van der Waals surface area contributed by atoms with E-state index in [1.54, 1.807) is 0 Å². The lowest BCUT2D eigenvalue weighted by Crippen LogP contribution is -2.22. The van der Waals surface area contributed by atoms with E-state index in [9.17, 15) is 0 Å². The van der Waals surface area contributed by atoms with Gasteiger partial charge in [-0.3, -0.25) is 0 Å². The second-order valence-electron chi connectivity index (χ2n) is 3.90. The van der Waals surface area contributed by atoms with Gasteiger partial charge in [0.25, 0.3) is 0 Å². The van der Waals surface area contributed by atoms with Crippen LogP contribution in [0.25, 0.3) is 4.85 Å². The summed E-state index contributed by atoms with van der Waals surface area (Å²) in [6.07, 6.45) is 0. The minimum absolute atomic E-state index is 0.284. The van der Waals surface area contributed by atoms with Crippen LogP contribution in [-0.2, 0) is 0 Å². The fraction of sp³-hybridized carbons (Fsp3) is 0.417. The second-order valence-corrected chi connectivity index (χ2v) is 3.90. The summed E-state index contributed by atoms with van der Waals surface area (Å²) < 4.78 is 0. The van der Waals surface area contributed by atoms with E-state index in [1.807, 2.05) is 32.0 Å². The molecule has 0 N–H and O–H groups in total. The van der Waals surface area contributed by atoms with E-state index in [0.717, 1.165) is 0 Å². The van der Waals surface area contributed by atoms with Gasteiger partial charge in [0.05, 0.1) is 5.92 Å². The molecular formula is C12H15N. The van der Waals surface area contributed by atoms with Gasteiger partial charge in [-0.25, -0.2) is 6.57 Å². The minimum Gasteiger partial charge on any atom is -0.310 e. The molecule has 1 aromatic carbocycles. The smallest absolute Gasteiger partial charge is 0.233 e. The Morgan fingerprint density at radius 2 is 1.77 bits per heavy atom. The molecule has 13 heavy (non-hydrogen) atoms. The highest BCUT2D eigenvalue weighted by atomic mass is 14.8. The van der Waals surface area contributed by atoms with Crippen LogP contribution in [0.4, 0.5) is 0 Å². The quantitative estimate of drug-likeness (QED) is 0.603. The van der Waals surface area contributed by atoms with Crippen LogP contribution in [0.1, 0.15) is 32.3 Å². The van der Waals surface area contributed by atoms with Crippen molar-refractivity contribution in [2.24, 2.45) is 0 Å². The van der Waals surface area contributed by atoms with Crippen LogP contribution in [0.2, 0.25) is 0 Å². The van der Waals surface area contributed by atoms with Crippen LogP contribution < -0.4 is 0 Å². The van der Waals surface area contributed by atoms with Gasteiger partial charge in [0, 0.05) is 13.8 Å². The average molecular weight is 173 g/mol. The first-order chi connectivity index (χ1) is 6.08. The Kier molecular flexibility index (Phi) is 2.72. The molecule has 0 fully saturated rings. The summed E-state index contributed by atoms with van der Waals surface area (Å²) in [4.78, 5) is 3.65. The van der Waals surface area contributed by atoms with Crippen molar-refractivity contribution in [1.29, 1.82) is 0 Å². The largest absolute Gasteiger partial charge is 0.310 e. The Labute approximate surface area is 80.2 Å². The first kappa shape index (κ1) is 9.80. The molecule has 0 spiro atoms. The third kappa shape index (κ3) is 2.09. The lowest BCUT2D eigenvalue weighted by atomic mass is 9.84. The van der Waals surface area contributed by atoms with Crippen molar-refractivity contribution in [3.8, 4) is 0 Å². The number of nitrogens with zero attached hydrogens (tertiary/aromatic N) is 1. The molecule has 1 heteroatoms. The number of hydrogen-bond acceptors (Lipinski definition) is 0. The van der Waals surface area contributed by atoms with Gasteiger partial charge in [0.2, 0.25) is 5.54 Å². The van der Waals surface area contributed by atoms with E-state index in [2.05, 4.69) is 23.9 Å². The Balaban J connectivity index is 2.94. The molecule has 0 aliphatic heterocycles. The summed E-state index contributed by atoms with van der Waals surface area (Å²) in [5.41, 5.74) is 0.935. The van der Waals surface area contributed by atoms with Crippen molar-refractivity contribution in [2.45, 2.75) is 32.2 Å². The zero-order valence-corrected chi connectivity index (χ0v) is 8.41. The number of hydrogen-bond donors (Lipinski definition) is 0. The molecule has 1 nitrogen and oxygen atoms in total. The van der Waals surface area contributed by atoms with E-state index in [1.165, 1.54) is 5.56 Å². The third-order valence-corrected chi connectivity index (χ3v) is 2.65. The van der Waals surface area contributed by atoms with Crippen molar-refractivity contribution in [1.82, 2.24) is 0 Å². The van der Waals surface area contributed by atoms with Gasteiger partial charge >= 0.3 is 0 Å². The van der Waals surface area contributed by atoms with Crippen molar-refractivity contribution in [3.05, 3.63) is 47.3 Å². The van der Waals surface area contributed by atoms with E-state index >= 15 is 0 Å². The molecule has 0 aliphatic rings. The molecule has 0 saturated heterocycles. The maximum Gasteiger partial charge on any atom is 0.233 e. The molecular weight excluding hydrogens is 158 g/mol. The Morgan fingerprint density at radius 3 is 2.23 bits per heavy atom. The molecule has 0 aromatic heterocycles. The number of rotatable bonds is 2. The molecule has 0 amide bonds. The summed E-state index contributed by atoms with van der Waals surface area (Å²) in [6.45, 7) is 13.2. The molecule has 0 heterocycles. The van der Waals surface area contributed by atoms with Gasteiger partial charge in [-0.2, -0.15) is 0 Å². The highest BCUT2D eigenvalue weighted by Crippen LogP contribution is 2.30. The minimum atomic E-state index is -0.304. The Hall–Kier alpha value is -1.29. The molecule has 0 saturated carbocycles. The third-order valence-electron chi connectivity index (χ3n) is 2.65. The topological polar surface area (TPSA) is 4.36 Å². The highest BCUT2D eigenvalue weighted by Gasteiger charge is 2.32. The molecule has 68 valence electrons. The molecule has 0 radical (unpaired) electrons. The van der Waals surface area contributed by atoms with Crippen molar-refractivity contribution in [2.75, 3.05) is 0 Å². The second kappa shape index (κ2) is 3.62. The summed E-state index contributed by atoms with van der Waals surface area (Å²) in [7, 11) is 0. The predicted molar refractivity (Wildman–Crippen MR) is 55.5 cm³/mol. The van der Waals surface area contributed by atoms with Gasteiger partial charge in [0.15, 0.2) is 0 Å². The average Bonchev–Trinajstić information content (AvgIpc) is 2.18. The summed E-state index contributed by atoms with van der Waals surface area (Å²) in [5, 5.41) is 0. The first-order valence-electron chi connectivity index (χ1n) is 4.51. The fourth-order valence-corrected chi connectivity index (χ4v) is 1.25. The normalized spacial score (nSPS) is 13.4. The van der Waals surface area contributed by atoms with Crippen molar-refractivity contribution < 1.29 is 0 Å². The Morgan fingerprint density at radius 1 is 1.23 bits per heavy atom. The predicted octanol–water partition coefficient (Wildman–Crippen LogP) is 3.49. The maximum atomic E-state index is 7.11. The van der Waals surface area contributed by atoms with Crippen LogP contribution in [-0.4, -0.2) is 5.54 Å². The lowest BCUT2D eigenvalue weighted by molar-refractivity contribution is 0.509. The summed E-state index contributed by atoms with van der Waals surface area (Å²) >= 11 is 0. The molecule has 1 rings (SSSR count). The summed E-state index contributed by atoms with van der Waals surface area (Å²) in [6, 6.07) is 10.2. The van der Waals surface area contributed by atoms with Crippen LogP contribution >= 0.6 is 0 Å². The van der Waals surface area contributed by atoms with Gasteiger partial charge < -0.3 is 4.85 Å². The standard InChI is InChI=1S/C12H15N/c1-10(12(2,3)13-4)11-8-6-5-7-9-11/h5-10H,1-3H3. The van der Waals surface area contributed by atoms with Gasteiger partial charge in [-0.1, -0.05) is 37.3 Å². The van der Waals surface area contributed by atoms with Gasteiger partial charge in [-0.05, 0) is 5.56 Å². The van der Waals surface area contributed by atoms with Crippen molar-refractivity contribution in [3.63, 3.8) is 0 Å². The molecule has 1 unspecified atom stereocenters. The molecule has 0 bridgehead atoms. The highest BCUT2D eigenvalue weighted by molar-refractivity contribution is 5.24. The van der Waals surface area contributed by atoms with Gasteiger partial charge in [-0.15, -0.1) is 0 Å². The van der Waals surface area contributed by atoms with E-state index in [-0.39, 0.29) is 11.5 Å². The fourth-order valence-electron chi connectivity index (χ4n) is 1.25. The summed E-state index contributed by atoms with van der Waals surface area (Å²) in [5.74, 6) is 0.284. The van der Waals surface area contributed by atoms with Crippen LogP contribution in [0.15, 0.2) is 30.3 Å². The van der Waals surface area contributed by atoms with E-state index < -0.39 is 0 Å². The lowest BCUT2D eigenvalue weighted by Gasteiger charge is -2.20. The molecule has 0 aliphatic carbocycles. The van der Waals surface area contributed by atoms with E-state index in [0.29, 0.717) is 0 Å². The van der Waals surface area contributed by atoms with Crippen LogP contribution in [0.3, 0.4) is 0 Å². The van der Waals surface area contributed by atoms with Crippen molar-refractivity contribution >= 4 is 0 Å². The monoisotopic (exact) mass is 173 g/mol. The Bertz CT molecular complexity index is 306. The van der Waals surface area contributed by atoms with E-state index in [4.69, 9.17) is 6.57 Å². The first-order valence-corrected chi connectivity index (χ1v) is 4.51. The molecule has 1 aromatic rings. The van der Waals surface area contributed by atoms with Crippen LogP contribution in [0, 0.1) is 6.57 Å².